The molecule has 35 heavy (non-hydrogen) atoms. The molecule has 6 atom stereocenters. The molecule has 3 unspecified atom stereocenters. The number of aliphatic hydroxyl groups excluding tert-OH is 1. The summed E-state index contributed by atoms with van der Waals surface area (Å²) in [6.45, 7) is 6.96. The second-order valence-corrected chi connectivity index (χ2v) is 11.9. The van der Waals surface area contributed by atoms with Gasteiger partial charge in [0, 0.05) is 13.1 Å². The third-order valence-corrected chi connectivity index (χ3v) is 9.90. The van der Waals surface area contributed by atoms with E-state index in [9.17, 15) is 10.2 Å². The quantitative estimate of drug-likeness (QED) is 0.370. The van der Waals surface area contributed by atoms with Crippen molar-refractivity contribution in [3.05, 3.63) is 59.2 Å². The molecule has 3 fully saturated rings. The van der Waals surface area contributed by atoms with Crippen molar-refractivity contribution in [3.8, 4) is 11.5 Å². The highest BCUT2D eigenvalue weighted by molar-refractivity contribution is 5.43. The maximum Gasteiger partial charge on any atom is 0.119 e. The molecule has 6 rings (SSSR count). The Morgan fingerprint density at radius 3 is 2.63 bits per heavy atom. The van der Waals surface area contributed by atoms with Crippen molar-refractivity contribution >= 4 is 0 Å². The number of aliphatic hydroxyl groups is 1. The lowest BCUT2D eigenvalue weighted by Crippen LogP contribution is -2.47. The number of aryl methyl sites for hydroxylation is 1. The molecule has 2 saturated carbocycles. The van der Waals surface area contributed by atoms with Crippen LogP contribution in [-0.4, -0.2) is 47.5 Å². The van der Waals surface area contributed by atoms with Crippen molar-refractivity contribution in [2.75, 3.05) is 26.2 Å². The van der Waals surface area contributed by atoms with Gasteiger partial charge in [-0.2, -0.15) is 0 Å². The minimum absolute atomic E-state index is 0.00748. The fraction of sp³-hybridized carbons (Fsp3) is 0.613. The minimum Gasteiger partial charge on any atom is -0.508 e. The van der Waals surface area contributed by atoms with Crippen LogP contribution in [-0.2, 0) is 6.42 Å². The Morgan fingerprint density at radius 2 is 1.83 bits per heavy atom. The summed E-state index contributed by atoms with van der Waals surface area (Å²) < 4.78 is 6.07. The van der Waals surface area contributed by atoms with E-state index in [1.807, 2.05) is 12.1 Å². The molecule has 0 bridgehead atoms. The predicted molar refractivity (Wildman–Crippen MR) is 139 cm³/mol. The molecular formula is C31H41NO3. The second-order valence-electron chi connectivity index (χ2n) is 11.9. The first kappa shape index (κ1) is 23.4. The van der Waals surface area contributed by atoms with E-state index in [2.05, 4.69) is 42.2 Å². The average molecular weight is 476 g/mol. The Hall–Kier alpha value is -2.04. The normalized spacial score (nSPS) is 33.6. The van der Waals surface area contributed by atoms with Crippen LogP contribution in [0.25, 0.3) is 0 Å². The van der Waals surface area contributed by atoms with Gasteiger partial charge in [-0.1, -0.05) is 25.1 Å². The van der Waals surface area contributed by atoms with Gasteiger partial charge in [-0.3, -0.25) is 0 Å². The van der Waals surface area contributed by atoms with Gasteiger partial charge in [0.05, 0.1) is 12.7 Å². The summed E-state index contributed by atoms with van der Waals surface area (Å²) >= 11 is 0. The van der Waals surface area contributed by atoms with Crippen molar-refractivity contribution < 1.29 is 14.9 Å². The summed E-state index contributed by atoms with van der Waals surface area (Å²) in [5.74, 6) is 3.35. The van der Waals surface area contributed by atoms with E-state index >= 15 is 0 Å². The van der Waals surface area contributed by atoms with Crippen LogP contribution in [0, 0.1) is 17.3 Å². The fourth-order valence-electron chi connectivity index (χ4n) is 7.90. The first-order valence-electron chi connectivity index (χ1n) is 14.0. The summed E-state index contributed by atoms with van der Waals surface area (Å²) in [5.41, 5.74) is 4.10. The average Bonchev–Trinajstić information content (AvgIpc) is 3.64. The second kappa shape index (κ2) is 9.44. The molecule has 188 valence electrons. The van der Waals surface area contributed by atoms with Crippen molar-refractivity contribution in [3.63, 3.8) is 0 Å². The zero-order chi connectivity index (χ0) is 24.0. The molecule has 0 amide bonds. The number of unbranched alkanes of at least 4 members (excludes halogenated alkanes) is 2. The van der Waals surface area contributed by atoms with E-state index < -0.39 is 0 Å². The third kappa shape index (κ3) is 4.49. The van der Waals surface area contributed by atoms with E-state index in [-0.39, 0.29) is 11.5 Å². The molecule has 0 radical (unpaired) electrons. The van der Waals surface area contributed by atoms with E-state index in [4.69, 9.17) is 4.74 Å². The van der Waals surface area contributed by atoms with Gasteiger partial charge in [-0.15, -0.1) is 0 Å². The zero-order valence-electron chi connectivity index (χ0n) is 21.2. The lowest BCUT2D eigenvalue weighted by Gasteiger charge is -2.54. The van der Waals surface area contributed by atoms with Gasteiger partial charge in [0.1, 0.15) is 11.5 Å². The van der Waals surface area contributed by atoms with E-state index in [1.165, 1.54) is 49.2 Å². The van der Waals surface area contributed by atoms with Crippen LogP contribution < -0.4 is 4.74 Å². The van der Waals surface area contributed by atoms with Crippen molar-refractivity contribution in [1.29, 1.82) is 0 Å². The van der Waals surface area contributed by atoms with Crippen LogP contribution in [0.3, 0.4) is 0 Å². The van der Waals surface area contributed by atoms with Crippen LogP contribution in [0.1, 0.15) is 80.4 Å². The number of phenolic OH excluding ortho intramolecular Hbond substituents is 1. The smallest absolute Gasteiger partial charge is 0.119 e. The lowest BCUT2D eigenvalue weighted by atomic mass is 9.51. The Labute approximate surface area is 210 Å². The number of fused-ring (bicyclic) bond motifs is 5. The Bertz CT molecular complexity index is 1030. The molecule has 0 aromatic heterocycles. The van der Waals surface area contributed by atoms with Crippen LogP contribution >= 0.6 is 0 Å². The van der Waals surface area contributed by atoms with E-state index in [0.717, 1.165) is 50.9 Å². The summed E-state index contributed by atoms with van der Waals surface area (Å²) in [4.78, 5) is 2.48. The predicted octanol–water partition coefficient (Wildman–Crippen LogP) is 5.87. The van der Waals surface area contributed by atoms with Gasteiger partial charge in [0.2, 0.25) is 0 Å². The van der Waals surface area contributed by atoms with E-state index in [1.54, 1.807) is 0 Å². The lowest BCUT2D eigenvalue weighted by molar-refractivity contribution is -0.0323. The Balaban J connectivity index is 1.20. The molecular weight excluding hydrogens is 434 g/mol. The maximum atomic E-state index is 11.1. The molecule has 2 aromatic rings. The number of ether oxygens (including phenoxy) is 1. The van der Waals surface area contributed by atoms with Gasteiger partial charge in [-0.05, 0) is 128 Å². The largest absolute Gasteiger partial charge is 0.508 e. The topological polar surface area (TPSA) is 52.7 Å². The van der Waals surface area contributed by atoms with Crippen molar-refractivity contribution in [1.82, 2.24) is 4.90 Å². The molecule has 4 heteroatoms. The number of phenols is 1. The third-order valence-electron chi connectivity index (χ3n) is 9.90. The highest BCUT2D eigenvalue weighted by atomic mass is 16.5. The highest BCUT2D eigenvalue weighted by Gasteiger charge is 2.57. The summed E-state index contributed by atoms with van der Waals surface area (Å²) in [7, 11) is 0. The molecule has 3 aliphatic carbocycles. The van der Waals surface area contributed by atoms with Gasteiger partial charge in [0.25, 0.3) is 0 Å². The van der Waals surface area contributed by atoms with Crippen molar-refractivity contribution in [2.24, 2.45) is 17.3 Å². The number of aromatic hydroxyl groups is 1. The maximum absolute atomic E-state index is 11.1. The summed E-state index contributed by atoms with van der Waals surface area (Å²) in [6, 6.07) is 14.9. The molecule has 1 aliphatic heterocycles. The summed E-state index contributed by atoms with van der Waals surface area (Å²) in [6.07, 6.45) is 8.72. The minimum atomic E-state index is -0.198. The molecule has 1 heterocycles. The SMILES string of the molecule is C[C@]12C[C@H](c3ccc(OCCCCCN4CC4)cc3)C3c4ccc(O)cc4CCC3C1CC[C@@H]2O. The van der Waals surface area contributed by atoms with Gasteiger partial charge in [0.15, 0.2) is 0 Å². The van der Waals surface area contributed by atoms with Crippen LogP contribution in [0.4, 0.5) is 0 Å². The van der Waals surface area contributed by atoms with Gasteiger partial charge < -0.3 is 19.8 Å². The Kier molecular flexibility index (Phi) is 6.30. The first-order chi connectivity index (χ1) is 17.0. The first-order valence-corrected chi connectivity index (χ1v) is 14.0. The molecule has 4 aliphatic rings. The van der Waals surface area contributed by atoms with Crippen LogP contribution in [0.2, 0.25) is 0 Å². The molecule has 2 N–H and O–H groups in total. The summed E-state index contributed by atoms with van der Waals surface area (Å²) in [5, 5.41) is 21.2. The number of benzene rings is 2. The van der Waals surface area contributed by atoms with Gasteiger partial charge in [-0.25, -0.2) is 0 Å². The Morgan fingerprint density at radius 1 is 1.00 bits per heavy atom. The molecule has 2 aromatic carbocycles. The zero-order valence-corrected chi connectivity index (χ0v) is 21.2. The molecule has 1 saturated heterocycles. The van der Waals surface area contributed by atoms with Crippen LogP contribution in [0.15, 0.2) is 42.5 Å². The number of rotatable bonds is 8. The fourth-order valence-corrected chi connectivity index (χ4v) is 7.90. The molecule has 0 spiro atoms. The standard InChI is InChI=1S/C31H41NO3/c1-31-20-27(21-5-9-24(10-6-21)35-18-4-2-3-15-32-16-17-32)30-25-12-8-23(33)19-22(25)7-11-26(30)28(31)13-14-29(31)34/h5-6,8-10,12,19,26-30,33-34H,2-4,7,11,13-18,20H2,1H3/t26?,27-,28?,29+,30?,31+/m1/s1. The van der Waals surface area contributed by atoms with Crippen LogP contribution in [0.5, 0.6) is 11.5 Å². The van der Waals surface area contributed by atoms with Crippen molar-refractivity contribution in [2.45, 2.75) is 76.2 Å². The highest BCUT2D eigenvalue weighted by Crippen LogP contribution is 2.65. The number of hydrogen-bond donors (Lipinski definition) is 2. The molecule has 4 nitrogen and oxygen atoms in total. The number of hydrogen-bond acceptors (Lipinski definition) is 4. The van der Waals surface area contributed by atoms with E-state index in [0.29, 0.717) is 29.4 Å². The van der Waals surface area contributed by atoms with Gasteiger partial charge >= 0.3 is 0 Å². The number of nitrogens with zero attached hydrogens (tertiary/aromatic N) is 1. The monoisotopic (exact) mass is 475 g/mol.